The smallest absolute Gasteiger partial charge is 0.0933 e. The molecule has 1 aliphatic rings. The number of thiophene rings is 1. The lowest BCUT2D eigenvalue weighted by Gasteiger charge is -2.47. The van der Waals surface area contributed by atoms with Crippen molar-refractivity contribution in [2.24, 2.45) is 0 Å². The number of piperidine rings is 1. The van der Waals surface area contributed by atoms with Crippen LogP contribution in [0.15, 0.2) is 72.1 Å². The minimum atomic E-state index is 0.121. The van der Waals surface area contributed by atoms with Crippen molar-refractivity contribution in [2.75, 3.05) is 45.7 Å². The number of ether oxygens (including phenoxy) is 1. The maximum Gasteiger partial charge on any atom is 0.0933 e. The molecular weight excluding hydrogens is 426 g/mol. The second-order valence-corrected chi connectivity index (χ2v) is 10.1. The van der Waals surface area contributed by atoms with Gasteiger partial charge in [0.05, 0.1) is 12.7 Å². The summed E-state index contributed by atoms with van der Waals surface area (Å²) in [6.07, 6.45) is 3.39. The van der Waals surface area contributed by atoms with E-state index in [0.29, 0.717) is 6.61 Å². The lowest BCUT2D eigenvalue weighted by Crippen LogP contribution is -2.50. The fraction of sp³-hybridized carbons (Fsp3) is 0.429. The van der Waals surface area contributed by atoms with Crippen LogP contribution in [0.1, 0.15) is 41.4 Å². The van der Waals surface area contributed by atoms with E-state index in [-0.39, 0.29) is 11.6 Å². The highest BCUT2D eigenvalue weighted by atomic mass is 32.1. The van der Waals surface area contributed by atoms with Crippen molar-refractivity contribution in [3.05, 3.63) is 88.1 Å². The molecule has 1 N–H and O–H groups in total. The van der Waals surface area contributed by atoms with Crippen molar-refractivity contribution in [1.29, 1.82) is 0 Å². The van der Waals surface area contributed by atoms with Crippen LogP contribution in [0.2, 0.25) is 0 Å². The molecule has 0 amide bonds. The summed E-state index contributed by atoms with van der Waals surface area (Å²) >= 11 is 1.78. The number of nitrogens with zero attached hydrogens (tertiary/aromatic N) is 2. The molecule has 1 unspecified atom stereocenters. The van der Waals surface area contributed by atoms with E-state index in [1.807, 2.05) is 7.05 Å². The van der Waals surface area contributed by atoms with Crippen LogP contribution in [0.4, 0.5) is 5.69 Å². The normalized spacial score (nSPS) is 16.8. The van der Waals surface area contributed by atoms with Crippen LogP contribution in [0.25, 0.3) is 0 Å². The van der Waals surface area contributed by atoms with Gasteiger partial charge in [0.15, 0.2) is 0 Å². The molecule has 0 radical (unpaired) electrons. The Hall–Kier alpha value is -2.18. The quantitative estimate of drug-likeness (QED) is 0.419. The van der Waals surface area contributed by atoms with Gasteiger partial charge in [-0.2, -0.15) is 0 Å². The van der Waals surface area contributed by atoms with E-state index >= 15 is 0 Å². The summed E-state index contributed by atoms with van der Waals surface area (Å²) in [6, 6.07) is 24.2. The van der Waals surface area contributed by atoms with Gasteiger partial charge in [-0.15, -0.1) is 11.3 Å². The molecule has 0 spiro atoms. The number of anilines is 1. The minimum absolute atomic E-state index is 0.121. The fourth-order valence-corrected chi connectivity index (χ4v) is 5.74. The minimum Gasteiger partial charge on any atom is -0.371 e. The van der Waals surface area contributed by atoms with Crippen molar-refractivity contribution in [3.63, 3.8) is 0 Å². The largest absolute Gasteiger partial charge is 0.371 e. The Kier molecular flexibility index (Phi) is 8.20. The van der Waals surface area contributed by atoms with Crippen molar-refractivity contribution < 1.29 is 4.74 Å². The van der Waals surface area contributed by atoms with Crippen LogP contribution < -0.4 is 10.2 Å². The Bertz CT molecular complexity index is 949. The van der Waals surface area contributed by atoms with Crippen LogP contribution in [0.3, 0.4) is 0 Å². The number of nitrogens with one attached hydrogen (secondary N) is 1. The molecule has 5 heteroatoms. The summed E-state index contributed by atoms with van der Waals surface area (Å²) < 4.78 is 6.31. The summed E-state index contributed by atoms with van der Waals surface area (Å²) in [5.41, 5.74) is 4.09. The van der Waals surface area contributed by atoms with Gasteiger partial charge < -0.3 is 15.0 Å². The summed E-state index contributed by atoms with van der Waals surface area (Å²) in [7, 11) is 6.43. The molecule has 0 aliphatic carbocycles. The molecule has 2 aromatic carbocycles. The molecular formula is C28H37N3OS. The molecule has 3 aromatic rings. The first kappa shape index (κ1) is 24.0. The first-order chi connectivity index (χ1) is 16.1. The molecule has 176 valence electrons. The van der Waals surface area contributed by atoms with Gasteiger partial charge in [0.25, 0.3) is 0 Å². The van der Waals surface area contributed by atoms with Crippen molar-refractivity contribution in [3.8, 4) is 0 Å². The second kappa shape index (κ2) is 11.3. The third-order valence-electron chi connectivity index (χ3n) is 7.03. The van der Waals surface area contributed by atoms with Crippen LogP contribution >= 0.6 is 11.3 Å². The Morgan fingerprint density at radius 2 is 1.73 bits per heavy atom. The Morgan fingerprint density at radius 3 is 2.33 bits per heavy atom. The Balaban J connectivity index is 1.36. The Labute approximate surface area is 203 Å². The predicted molar refractivity (Wildman–Crippen MR) is 140 cm³/mol. The lowest BCUT2D eigenvalue weighted by atomic mass is 9.79. The molecule has 4 nitrogen and oxygen atoms in total. The molecule has 1 aliphatic heterocycles. The van der Waals surface area contributed by atoms with Gasteiger partial charge in [-0.05, 0) is 81.7 Å². The van der Waals surface area contributed by atoms with E-state index in [4.69, 9.17) is 4.74 Å². The van der Waals surface area contributed by atoms with Gasteiger partial charge in [0.1, 0.15) is 0 Å². The summed E-state index contributed by atoms with van der Waals surface area (Å²) in [5.74, 6) is 0. The standard InChI is InChI=1S/C28H37N3OS/c1-29-18-15-26(27-10-7-21-33-27)32-22-23-11-13-25(14-12-23)31-19-16-28(17-20-31,30(2)3)24-8-5-4-6-9-24/h4-14,21,26,29H,15-20,22H2,1-3H3. The third kappa shape index (κ3) is 5.67. The van der Waals surface area contributed by atoms with Crippen molar-refractivity contribution >= 4 is 17.0 Å². The summed E-state index contributed by atoms with van der Waals surface area (Å²) in [5, 5.41) is 5.37. The molecule has 1 atom stereocenters. The zero-order valence-corrected chi connectivity index (χ0v) is 21.0. The topological polar surface area (TPSA) is 27.7 Å². The molecule has 1 fully saturated rings. The summed E-state index contributed by atoms with van der Waals surface area (Å²) in [6.45, 7) is 3.72. The van der Waals surface area contributed by atoms with Gasteiger partial charge in [0, 0.05) is 29.2 Å². The van der Waals surface area contributed by atoms with Gasteiger partial charge in [-0.3, -0.25) is 4.90 Å². The van der Waals surface area contributed by atoms with Gasteiger partial charge in [-0.25, -0.2) is 0 Å². The highest BCUT2D eigenvalue weighted by Gasteiger charge is 2.38. The average molecular weight is 464 g/mol. The number of hydrogen-bond acceptors (Lipinski definition) is 5. The zero-order chi connectivity index (χ0) is 23.1. The second-order valence-electron chi connectivity index (χ2n) is 9.15. The summed E-state index contributed by atoms with van der Waals surface area (Å²) in [4.78, 5) is 6.24. The number of rotatable bonds is 10. The van der Waals surface area contributed by atoms with E-state index < -0.39 is 0 Å². The highest BCUT2D eigenvalue weighted by Crippen LogP contribution is 2.38. The molecule has 1 saturated heterocycles. The third-order valence-corrected chi connectivity index (χ3v) is 7.99. The average Bonchev–Trinajstić information content (AvgIpc) is 3.40. The maximum absolute atomic E-state index is 6.31. The van der Waals surface area contributed by atoms with Gasteiger partial charge >= 0.3 is 0 Å². The molecule has 2 heterocycles. The lowest BCUT2D eigenvalue weighted by molar-refractivity contribution is 0.0367. The first-order valence-corrected chi connectivity index (χ1v) is 12.9. The fourth-order valence-electron chi connectivity index (χ4n) is 4.93. The highest BCUT2D eigenvalue weighted by molar-refractivity contribution is 7.10. The zero-order valence-electron chi connectivity index (χ0n) is 20.2. The molecule has 4 rings (SSSR count). The van der Waals surface area contributed by atoms with E-state index in [2.05, 4.69) is 101 Å². The van der Waals surface area contributed by atoms with E-state index in [9.17, 15) is 0 Å². The first-order valence-electron chi connectivity index (χ1n) is 12.0. The van der Waals surface area contributed by atoms with Crippen molar-refractivity contribution in [2.45, 2.75) is 37.5 Å². The van der Waals surface area contributed by atoms with Crippen LogP contribution in [-0.4, -0.2) is 45.7 Å². The monoisotopic (exact) mass is 463 g/mol. The van der Waals surface area contributed by atoms with E-state index in [1.165, 1.54) is 21.7 Å². The molecule has 0 saturated carbocycles. The molecule has 0 bridgehead atoms. The number of hydrogen-bond donors (Lipinski definition) is 1. The van der Waals surface area contributed by atoms with E-state index in [0.717, 1.165) is 38.9 Å². The Morgan fingerprint density at radius 1 is 1.00 bits per heavy atom. The molecule has 1 aromatic heterocycles. The SMILES string of the molecule is CNCCC(OCc1ccc(N2CCC(c3ccccc3)(N(C)C)CC2)cc1)c1cccs1. The van der Waals surface area contributed by atoms with Crippen LogP contribution in [-0.2, 0) is 16.9 Å². The molecule has 33 heavy (non-hydrogen) atoms. The van der Waals surface area contributed by atoms with Crippen molar-refractivity contribution in [1.82, 2.24) is 10.2 Å². The predicted octanol–water partition coefficient (Wildman–Crippen LogP) is 5.67. The maximum atomic E-state index is 6.31. The van der Waals surface area contributed by atoms with Crippen LogP contribution in [0.5, 0.6) is 0 Å². The number of benzene rings is 2. The van der Waals surface area contributed by atoms with E-state index in [1.54, 1.807) is 11.3 Å². The van der Waals surface area contributed by atoms with Gasteiger partial charge in [0.2, 0.25) is 0 Å². The van der Waals surface area contributed by atoms with Gasteiger partial charge in [-0.1, -0.05) is 48.5 Å². The van der Waals surface area contributed by atoms with Crippen LogP contribution in [0, 0.1) is 0 Å².